The van der Waals surface area contributed by atoms with E-state index in [0.717, 1.165) is 0 Å². The van der Waals surface area contributed by atoms with Crippen molar-refractivity contribution < 1.29 is 8.42 Å². The number of halogens is 1. The summed E-state index contributed by atoms with van der Waals surface area (Å²) in [4.78, 5) is 0.652. The van der Waals surface area contributed by atoms with Crippen molar-refractivity contribution in [2.45, 2.75) is 9.79 Å². The van der Waals surface area contributed by atoms with Gasteiger partial charge in [0.25, 0.3) is 0 Å². The fraction of sp³-hybridized carbons (Fsp3) is 0. The first kappa shape index (κ1) is 9.87. The molecule has 0 N–H and O–H groups in total. The lowest BCUT2D eigenvalue weighted by molar-refractivity contribution is 0.598. The number of benzene rings is 2. The van der Waals surface area contributed by atoms with Crippen molar-refractivity contribution in [3.8, 4) is 11.1 Å². The van der Waals surface area contributed by atoms with Crippen LogP contribution in [0.15, 0.2) is 52.3 Å². The Labute approximate surface area is 98.4 Å². The molecule has 80 valence electrons. The van der Waals surface area contributed by atoms with E-state index in [1.54, 1.807) is 36.4 Å². The van der Waals surface area contributed by atoms with Crippen LogP contribution in [0.3, 0.4) is 0 Å². The van der Waals surface area contributed by atoms with Crippen LogP contribution in [-0.4, -0.2) is 8.42 Å². The van der Waals surface area contributed by atoms with Gasteiger partial charge in [-0.2, -0.15) is 0 Å². The second-order valence-electron chi connectivity index (χ2n) is 3.61. The van der Waals surface area contributed by atoms with Crippen molar-refractivity contribution in [1.29, 1.82) is 0 Å². The highest BCUT2D eigenvalue weighted by Crippen LogP contribution is 2.46. The van der Waals surface area contributed by atoms with Gasteiger partial charge in [-0.15, -0.1) is 0 Å². The summed E-state index contributed by atoms with van der Waals surface area (Å²) in [5.74, 6) is 0. The second kappa shape index (κ2) is 3.09. The zero-order valence-corrected chi connectivity index (χ0v) is 9.72. The first-order valence-electron chi connectivity index (χ1n) is 4.75. The lowest BCUT2D eigenvalue weighted by atomic mass is 10.1. The molecule has 0 saturated carbocycles. The molecule has 0 radical (unpaired) electrons. The molecule has 1 aliphatic heterocycles. The third-order valence-corrected chi connectivity index (χ3v) is 4.88. The molecule has 2 aromatic rings. The monoisotopic (exact) mass is 250 g/mol. The lowest BCUT2D eigenvalue weighted by Gasteiger charge is -2.00. The summed E-state index contributed by atoms with van der Waals surface area (Å²) in [5, 5.41) is 0.478. The number of hydrogen-bond acceptors (Lipinski definition) is 2. The highest BCUT2D eigenvalue weighted by Gasteiger charge is 2.33. The van der Waals surface area contributed by atoms with Crippen LogP contribution in [0.2, 0.25) is 5.02 Å². The lowest BCUT2D eigenvalue weighted by Crippen LogP contribution is -1.95. The Balaban J connectivity index is 2.56. The smallest absolute Gasteiger partial charge is 0.207 e. The normalized spacial score (nSPS) is 15.6. The van der Waals surface area contributed by atoms with E-state index >= 15 is 0 Å². The zero-order chi connectivity index (χ0) is 11.3. The SMILES string of the molecule is O=S1(=O)c2ccccc2-c2c(Cl)cccc21. The average molecular weight is 251 g/mol. The minimum atomic E-state index is -3.37. The molecule has 16 heavy (non-hydrogen) atoms. The first-order chi connectivity index (χ1) is 7.62. The maximum atomic E-state index is 12.2. The first-order valence-corrected chi connectivity index (χ1v) is 6.61. The van der Waals surface area contributed by atoms with E-state index in [4.69, 9.17) is 11.6 Å². The van der Waals surface area contributed by atoms with Crippen LogP contribution >= 0.6 is 11.6 Å². The Morgan fingerprint density at radius 3 is 2.38 bits per heavy atom. The van der Waals surface area contributed by atoms with Crippen LogP contribution in [0.5, 0.6) is 0 Å². The van der Waals surface area contributed by atoms with Crippen LogP contribution in [0, 0.1) is 0 Å². The minimum absolute atomic E-state index is 0.307. The van der Waals surface area contributed by atoms with Gasteiger partial charge in [0.15, 0.2) is 0 Å². The van der Waals surface area contributed by atoms with E-state index in [1.165, 1.54) is 0 Å². The van der Waals surface area contributed by atoms with Gasteiger partial charge in [0.05, 0.1) is 9.79 Å². The molecular formula is C12H7ClO2S. The summed E-state index contributed by atoms with van der Waals surface area (Å²) in [7, 11) is -3.37. The molecule has 0 saturated heterocycles. The number of fused-ring (bicyclic) bond motifs is 3. The molecule has 3 rings (SSSR count). The average Bonchev–Trinajstić information content (AvgIpc) is 2.51. The highest BCUT2D eigenvalue weighted by atomic mass is 35.5. The molecule has 0 aromatic heterocycles. The van der Waals surface area contributed by atoms with Gasteiger partial charge in [-0.1, -0.05) is 35.9 Å². The predicted octanol–water partition coefficient (Wildman–Crippen LogP) is 3.15. The fourth-order valence-electron chi connectivity index (χ4n) is 2.02. The summed E-state index contributed by atoms with van der Waals surface area (Å²) in [6.45, 7) is 0. The van der Waals surface area contributed by atoms with Gasteiger partial charge < -0.3 is 0 Å². The van der Waals surface area contributed by atoms with Crippen LogP contribution < -0.4 is 0 Å². The Bertz CT molecular complexity index is 690. The van der Waals surface area contributed by atoms with Crippen molar-refractivity contribution in [2.75, 3.05) is 0 Å². The molecule has 2 aromatic carbocycles. The van der Waals surface area contributed by atoms with Gasteiger partial charge >= 0.3 is 0 Å². The van der Waals surface area contributed by atoms with Gasteiger partial charge in [-0.25, -0.2) is 8.42 Å². The van der Waals surface area contributed by atoms with Gasteiger partial charge in [0.1, 0.15) is 0 Å². The summed E-state index contributed by atoms with van der Waals surface area (Å²) >= 11 is 6.06. The largest absolute Gasteiger partial charge is 0.218 e. The van der Waals surface area contributed by atoms with E-state index in [2.05, 4.69) is 0 Å². The fourth-order valence-corrected chi connectivity index (χ4v) is 4.05. The van der Waals surface area contributed by atoms with E-state index in [1.807, 2.05) is 6.07 Å². The molecule has 1 heterocycles. The second-order valence-corrected chi connectivity index (χ2v) is 5.91. The maximum Gasteiger partial charge on any atom is 0.207 e. The topological polar surface area (TPSA) is 34.1 Å². The minimum Gasteiger partial charge on any atom is -0.218 e. The van der Waals surface area contributed by atoms with Crippen molar-refractivity contribution in [3.05, 3.63) is 47.5 Å². The molecule has 4 heteroatoms. The van der Waals surface area contributed by atoms with Crippen LogP contribution in [0.1, 0.15) is 0 Å². The highest BCUT2D eigenvalue weighted by molar-refractivity contribution is 7.92. The Hall–Kier alpha value is -1.32. The van der Waals surface area contributed by atoms with E-state index in [9.17, 15) is 8.42 Å². The molecular weight excluding hydrogens is 244 g/mol. The van der Waals surface area contributed by atoms with Crippen LogP contribution in [-0.2, 0) is 9.84 Å². The number of sulfone groups is 1. The van der Waals surface area contributed by atoms with E-state index in [0.29, 0.717) is 25.9 Å². The van der Waals surface area contributed by atoms with Gasteiger partial charge in [-0.05, 0) is 18.2 Å². The van der Waals surface area contributed by atoms with Crippen molar-refractivity contribution in [3.63, 3.8) is 0 Å². The van der Waals surface area contributed by atoms with E-state index < -0.39 is 9.84 Å². The van der Waals surface area contributed by atoms with Crippen LogP contribution in [0.4, 0.5) is 0 Å². The molecule has 0 spiro atoms. The zero-order valence-electron chi connectivity index (χ0n) is 8.14. The number of rotatable bonds is 0. The van der Waals surface area contributed by atoms with Gasteiger partial charge in [0, 0.05) is 16.1 Å². The Kier molecular flexibility index (Phi) is 1.91. The third kappa shape index (κ3) is 1.10. The van der Waals surface area contributed by atoms with Crippen molar-refractivity contribution in [2.24, 2.45) is 0 Å². The molecule has 0 unspecified atom stereocenters. The molecule has 0 amide bonds. The number of hydrogen-bond donors (Lipinski definition) is 0. The molecule has 0 atom stereocenters. The van der Waals surface area contributed by atoms with Crippen LogP contribution in [0.25, 0.3) is 11.1 Å². The summed E-state index contributed by atoms with van der Waals surface area (Å²) in [6.07, 6.45) is 0. The summed E-state index contributed by atoms with van der Waals surface area (Å²) in [5.41, 5.74) is 1.32. The Morgan fingerprint density at radius 1 is 0.875 bits per heavy atom. The maximum absolute atomic E-state index is 12.2. The molecule has 0 fully saturated rings. The predicted molar refractivity (Wildman–Crippen MR) is 62.3 cm³/mol. The standard InChI is InChI=1S/C12H7ClO2S/c13-9-5-3-7-11-12(9)8-4-1-2-6-10(8)16(11,14)15/h1-7H. The molecule has 0 bridgehead atoms. The summed E-state index contributed by atoms with van der Waals surface area (Å²) < 4.78 is 24.3. The quantitative estimate of drug-likeness (QED) is 0.614. The molecule has 1 aliphatic rings. The third-order valence-electron chi connectivity index (χ3n) is 2.71. The molecule has 0 aliphatic carbocycles. The summed E-state index contributed by atoms with van der Waals surface area (Å²) in [6, 6.07) is 11.9. The van der Waals surface area contributed by atoms with Gasteiger partial charge in [0.2, 0.25) is 9.84 Å². The molecule has 2 nitrogen and oxygen atoms in total. The van der Waals surface area contributed by atoms with Crippen molar-refractivity contribution in [1.82, 2.24) is 0 Å². The Morgan fingerprint density at radius 2 is 1.56 bits per heavy atom. The van der Waals surface area contributed by atoms with Gasteiger partial charge in [-0.3, -0.25) is 0 Å². The van der Waals surface area contributed by atoms with Crippen molar-refractivity contribution >= 4 is 21.4 Å². The van der Waals surface area contributed by atoms with E-state index in [-0.39, 0.29) is 0 Å².